The van der Waals surface area contributed by atoms with Gasteiger partial charge in [-0.15, -0.1) is 0 Å². The van der Waals surface area contributed by atoms with Crippen LogP contribution >= 0.6 is 0 Å². The molecule has 9 heteroatoms. The van der Waals surface area contributed by atoms with Crippen molar-refractivity contribution in [1.29, 1.82) is 0 Å². The molecule has 2 aromatic rings. The maximum atomic E-state index is 13.7. The molecule has 3 rings (SSSR count). The zero-order valence-electron chi connectivity index (χ0n) is 26.7. The Morgan fingerprint density at radius 1 is 0.727 bits per heavy atom. The lowest BCUT2D eigenvalue weighted by atomic mass is 9.93. The van der Waals surface area contributed by atoms with E-state index in [-0.39, 0.29) is 30.5 Å². The van der Waals surface area contributed by atoms with Crippen molar-refractivity contribution >= 4 is 23.5 Å². The monoisotopic (exact) mass is 607 g/mol. The Labute approximate surface area is 261 Å². The van der Waals surface area contributed by atoms with Gasteiger partial charge in [0.1, 0.15) is 23.8 Å². The van der Waals surface area contributed by atoms with E-state index in [1.165, 1.54) is 0 Å². The molecule has 9 nitrogen and oxygen atoms in total. The van der Waals surface area contributed by atoms with E-state index in [0.717, 1.165) is 11.1 Å². The molecule has 1 heterocycles. The van der Waals surface area contributed by atoms with Gasteiger partial charge in [0.15, 0.2) is 5.78 Å². The summed E-state index contributed by atoms with van der Waals surface area (Å²) in [5, 5.41) is 19.1. The van der Waals surface area contributed by atoms with E-state index in [0.29, 0.717) is 32.3 Å². The van der Waals surface area contributed by atoms with Crippen molar-refractivity contribution in [3.63, 3.8) is 0 Å². The van der Waals surface area contributed by atoms with E-state index in [1.54, 1.807) is 6.92 Å². The lowest BCUT2D eigenvalue weighted by molar-refractivity contribution is -0.136. The Bertz CT molecular complexity index is 1230. The van der Waals surface area contributed by atoms with Gasteiger partial charge in [-0.2, -0.15) is 0 Å². The second-order valence-corrected chi connectivity index (χ2v) is 12.9. The number of amides is 3. The average molecular weight is 608 g/mol. The molecule has 4 N–H and O–H groups in total. The smallest absolute Gasteiger partial charge is 0.249 e. The number of ketones is 1. The largest absolute Gasteiger partial charge is 0.383 e. The van der Waals surface area contributed by atoms with Gasteiger partial charge in [-0.1, -0.05) is 88.4 Å². The molecule has 1 saturated heterocycles. The molecule has 2 aromatic carbocycles. The van der Waals surface area contributed by atoms with Crippen LogP contribution < -0.4 is 16.0 Å². The fourth-order valence-electron chi connectivity index (χ4n) is 5.04. The maximum absolute atomic E-state index is 13.7. The van der Waals surface area contributed by atoms with Crippen molar-refractivity contribution in [3.8, 4) is 0 Å². The van der Waals surface area contributed by atoms with E-state index in [2.05, 4.69) is 16.0 Å². The normalized spacial score (nSPS) is 18.6. The summed E-state index contributed by atoms with van der Waals surface area (Å²) in [5.74, 6) is -1.41. The number of aliphatic hydroxyl groups excluding tert-OH is 1. The molecule has 0 aliphatic carbocycles. The highest BCUT2D eigenvalue weighted by Gasteiger charge is 2.50. The van der Waals surface area contributed by atoms with Gasteiger partial charge < -0.3 is 25.8 Å². The first kappa shape index (κ1) is 34.9. The molecule has 5 atom stereocenters. The second kappa shape index (κ2) is 16.5. The zero-order chi connectivity index (χ0) is 32.3. The molecule has 1 aliphatic heterocycles. The number of ether oxygens (including phenoxy) is 1. The summed E-state index contributed by atoms with van der Waals surface area (Å²) in [6, 6.07) is 16.2. The van der Waals surface area contributed by atoms with E-state index in [4.69, 9.17) is 4.74 Å². The van der Waals surface area contributed by atoms with Crippen molar-refractivity contribution in [2.45, 2.75) is 103 Å². The molecule has 0 saturated carbocycles. The number of aliphatic hydroxyl groups is 1. The predicted octanol–water partition coefficient (Wildman–Crippen LogP) is 3.52. The van der Waals surface area contributed by atoms with Crippen LogP contribution in [0.4, 0.5) is 0 Å². The molecule has 1 unspecified atom stereocenters. The summed E-state index contributed by atoms with van der Waals surface area (Å²) >= 11 is 0. The summed E-state index contributed by atoms with van der Waals surface area (Å²) in [4.78, 5) is 53.6. The molecule has 44 heavy (non-hydrogen) atoms. The Morgan fingerprint density at radius 3 is 1.80 bits per heavy atom. The number of carbonyl (C=O) groups is 4. The van der Waals surface area contributed by atoms with Gasteiger partial charge in [-0.25, -0.2) is 0 Å². The van der Waals surface area contributed by atoms with Gasteiger partial charge in [-0.05, 0) is 62.0 Å². The average Bonchev–Trinajstić information content (AvgIpc) is 3.75. The van der Waals surface area contributed by atoms with Crippen molar-refractivity contribution in [2.24, 2.45) is 11.8 Å². The quantitative estimate of drug-likeness (QED) is 0.192. The lowest BCUT2D eigenvalue weighted by Gasteiger charge is -2.27. The summed E-state index contributed by atoms with van der Waals surface area (Å²) < 4.78 is 5.37. The summed E-state index contributed by atoms with van der Waals surface area (Å²) in [5.41, 5.74) is 0.925. The number of aryl methyl sites for hydroxylation is 1. The molecule has 0 aromatic heterocycles. The van der Waals surface area contributed by atoms with Crippen LogP contribution in [0.3, 0.4) is 0 Å². The number of rotatable bonds is 18. The van der Waals surface area contributed by atoms with Crippen LogP contribution in [0.2, 0.25) is 0 Å². The van der Waals surface area contributed by atoms with Crippen LogP contribution in [0.5, 0.6) is 0 Å². The maximum Gasteiger partial charge on any atom is 0.249 e. The number of hydrogen-bond donors (Lipinski definition) is 4. The van der Waals surface area contributed by atoms with Gasteiger partial charge in [0, 0.05) is 6.42 Å². The van der Waals surface area contributed by atoms with E-state index in [9.17, 15) is 24.3 Å². The topological polar surface area (TPSA) is 137 Å². The number of Topliss-reactive ketones (excluding diaryl/α,β-unsaturated/α-hetero) is 1. The van der Waals surface area contributed by atoms with Crippen LogP contribution in [-0.2, 0) is 36.8 Å². The Morgan fingerprint density at radius 2 is 1.25 bits per heavy atom. The standard InChI is InChI=1S/C35H49N3O6/c1-23(2)16-18-27(36-34(43)30(39)19-17-25-12-8-6-9-13-25)32(41)38-29(21-26-14-10-7-11-15-26)33(42)37-28(20-24(3)4)31(40)35(5)22-44-35/h6-15,23-24,27-30,39H,16-22H2,1-5H3,(H,36,43)(H,37,42)(H,38,41)/t27-,28?,29-,30-,35+/m0/s1. The molecule has 0 spiro atoms. The minimum Gasteiger partial charge on any atom is -0.383 e. The molecule has 240 valence electrons. The number of epoxide rings is 1. The molecule has 0 radical (unpaired) electrons. The van der Waals surface area contributed by atoms with Gasteiger partial charge in [0.05, 0.1) is 12.6 Å². The predicted molar refractivity (Wildman–Crippen MR) is 170 cm³/mol. The Hall–Kier alpha value is -3.56. The number of carbonyl (C=O) groups excluding carboxylic acids is 4. The first-order valence-electron chi connectivity index (χ1n) is 15.7. The third kappa shape index (κ3) is 11.2. The van der Waals surface area contributed by atoms with Crippen LogP contribution in [-0.4, -0.2) is 65.0 Å². The minimum atomic E-state index is -1.29. The fourth-order valence-corrected chi connectivity index (χ4v) is 5.04. The highest BCUT2D eigenvalue weighted by atomic mass is 16.6. The van der Waals surface area contributed by atoms with Crippen molar-refractivity contribution in [3.05, 3.63) is 71.8 Å². The van der Waals surface area contributed by atoms with Crippen LogP contribution in [0.25, 0.3) is 0 Å². The highest BCUT2D eigenvalue weighted by Crippen LogP contribution is 2.29. The summed E-state index contributed by atoms with van der Waals surface area (Å²) in [6.07, 6.45) is 1.05. The van der Waals surface area contributed by atoms with Crippen LogP contribution in [0, 0.1) is 11.8 Å². The first-order valence-corrected chi connectivity index (χ1v) is 15.7. The second-order valence-electron chi connectivity index (χ2n) is 12.9. The van der Waals surface area contributed by atoms with Crippen LogP contribution in [0.15, 0.2) is 60.7 Å². The van der Waals surface area contributed by atoms with E-state index < -0.39 is 47.6 Å². The van der Waals surface area contributed by atoms with E-state index in [1.807, 2.05) is 88.4 Å². The Kier molecular flexibility index (Phi) is 13.1. The first-order chi connectivity index (χ1) is 20.9. The van der Waals surface area contributed by atoms with Gasteiger partial charge >= 0.3 is 0 Å². The fraction of sp³-hybridized carbons (Fsp3) is 0.543. The molecule has 3 amide bonds. The Balaban J connectivity index is 1.75. The SMILES string of the molecule is CC(C)CC[C@H](NC(=O)[C@@H](O)CCc1ccccc1)C(=O)N[C@@H](Cc1ccccc1)C(=O)NC(CC(C)C)C(=O)[C@@]1(C)CO1. The summed E-state index contributed by atoms with van der Waals surface area (Å²) in [6.45, 7) is 10.0. The third-order valence-corrected chi connectivity index (χ3v) is 7.87. The number of nitrogens with one attached hydrogen (secondary N) is 3. The molecule has 0 bridgehead atoms. The zero-order valence-corrected chi connectivity index (χ0v) is 26.7. The number of hydrogen-bond acceptors (Lipinski definition) is 6. The van der Waals surface area contributed by atoms with Crippen molar-refractivity contribution < 1.29 is 29.0 Å². The third-order valence-electron chi connectivity index (χ3n) is 7.87. The highest BCUT2D eigenvalue weighted by molar-refractivity contribution is 5.98. The van der Waals surface area contributed by atoms with Crippen LogP contribution in [0.1, 0.15) is 71.4 Å². The van der Waals surface area contributed by atoms with Gasteiger partial charge in [-0.3, -0.25) is 19.2 Å². The molecule has 1 aliphatic rings. The lowest BCUT2D eigenvalue weighted by Crippen LogP contribution is -2.58. The van der Waals surface area contributed by atoms with E-state index >= 15 is 0 Å². The number of benzene rings is 2. The minimum absolute atomic E-state index is 0.137. The molecule has 1 fully saturated rings. The van der Waals surface area contributed by atoms with Crippen molar-refractivity contribution in [1.82, 2.24) is 16.0 Å². The summed E-state index contributed by atoms with van der Waals surface area (Å²) in [7, 11) is 0. The van der Waals surface area contributed by atoms with Crippen molar-refractivity contribution in [2.75, 3.05) is 6.61 Å². The van der Waals surface area contributed by atoms with Gasteiger partial charge in [0.25, 0.3) is 0 Å². The molecular formula is C35H49N3O6. The molecular weight excluding hydrogens is 558 g/mol. The van der Waals surface area contributed by atoms with Gasteiger partial charge in [0.2, 0.25) is 17.7 Å².